The number of carbonyl (C=O) groups excluding carboxylic acids is 1. The molecule has 1 saturated heterocycles. The maximum absolute atomic E-state index is 14.2. The molecule has 0 radical (unpaired) electrons. The third-order valence-corrected chi connectivity index (χ3v) is 5.71. The molecule has 1 aromatic carbocycles. The number of benzene rings is 1. The van der Waals surface area contributed by atoms with Crippen LogP contribution in [0.25, 0.3) is 10.6 Å². The van der Waals surface area contributed by atoms with E-state index in [1.165, 1.54) is 22.3 Å². The van der Waals surface area contributed by atoms with Crippen LogP contribution in [-0.2, 0) is 0 Å². The second-order valence-corrected chi connectivity index (χ2v) is 7.50. The largest absolute Gasteiger partial charge is 0.355 e. The van der Waals surface area contributed by atoms with Crippen molar-refractivity contribution in [1.29, 1.82) is 0 Å². The van der Waals surface area contributed by atoms with E-state index in [0.717, 1.165) is 36.3 Å². The van der Waals surface area contributed by atoms with E-state index >= 15 is 0 Å². The van der Waals surface area contributed by atoms with Crippen molar-refractivity contribution in [2.45, 2.75) is 31.7 Å². The minimum atomic E-state index is -0.845. The number of halogens is 2. The smallest absolute Gasteiger partial charge is 0.260 e. The Balaban J connectivity index is 1.68. The Morgan fingerprint density at radius 3 is 2.70 bits per heavy atom. The molecular formula is C20H18F2N2O2S. The number of aromatic nitrogens is 1. The van der Waals surface area contributed by atoms with Crippen molar-refractivity contribution in [3.05, 3.63) is 64.7 Å². The van der Waals surface area contributed by atoms with Gasteiger partial charge in [0.25, 0.3) is 5.91 Å². The van der Waals surface area contributed by atoms with E-state index in [0.29, 0.717) is 24.4 Å². The van der Waals surface area contributed by atoms with Gasteiger partial charge in [0.1, 0.15) is 22.9 Å². The highest BCUT2D eigenvalue weighted by atomic mass is 32.1. The number of amides is 1. The van der Waals surface area contributed by atoms with Gasteiger partial charge >= 0.3 is 0 Å². The van der Waals surface area contributed by atoms with Crippen LogP contribution in [0.5, 0.6) is 0 Å². The highest BCUT2D eigenvalue weighted by Crippen LogP contribution is 2.34. The highest BCUT2D eigenvalue weighted by molar-refractivity contribution is 7.13. The van der Waals surface area contributed by atoms with Gasteiger partial charge < -0.3 is 9.42 Å². The lowest BCUT2D eigenvalue weighted by molar-refractivity contribution is 0.0664. The summed E-state index contributed by atoms with van der Waals surface area (Å²) in [6.07, 6.45) is 3.33. The first-order chi connectivity index (χ1) is 13.1. The molecule has 2 aromatic heterocycles. The van der Waals surface area contributed by atoms with Gasteiger partial charge in [-0.2, -0.15) is 0 Å². The molecule has 4 rings (SSSR count). The number of rotatable bonds is 3. The van der Waals surface area contributed by atoms with Crippen LogP contribution in [0.2, 0.25) is 0 Å². The van der Waals surface area contributed by atoms with E-state index in [4.69, 9.17) is 4.52 Å². The van der Waals surface area contributed by atoms with Crippen LogP contribution < -0.4 is 0 Å². The molecule has 0 bridgehead atoms. The van der Waals surface area contributed by atoms with Crippen LogP contribution in [0.15, 0.2) is 46.3 Å². The lowest BCUT2D eigenvalue weighted by Crippen LogP contribution is -2.36. The Labute approximate surface area is 159 Å². The molecule has 7 heteroatoms. The molecule has 0 N–H and O–H groups in total. The number of carbonyl (C=O) groups is 1. The summed E-state index contributed by atoms with van der Waals surface area (Å²) in [5, 5.41) is 6.10. The number of thiophene rings is 1. The summed E-state index contributed by atoms with van der Waals surface area (Å²) in [5.41, 5.74) is 0.108. The van der Waals surface area contributed by atoms with Crippen molar-refractivity contribution in [3.8, 4) is 10.6 Å². The summed E-state index contributed by atoms with van der Waals surface area (Å²) in [6, 6.07) is 8.77. The van der Waals surface area contributed by atoms with Crippen LogP contribution in [-0.4, -0.2) is 22.5 Å². The molecule has 1 atom stereocenters. The molecule has 140 valence electrons. The van der Waals surface area contributed by atoms with Gasteiger partial charge in [0.05, 0.1) is 10.9 Å². The monoisotopic (exact) mass is 388 g/mol. The van der Waals surface area contributed by atoms with E-state index in [2.05, 4.69) is 5.16 Å². The predicted molar refractivity (Wildman–Crippen MR) is 98.4 cm³/mol. The average Bonchev–Trinajstić information content (AvgIpc) is 3.29. The molecule has 0 saturated carbocycles. The van der Waals surface area contributed by atoms with Crippen LogP contribution >= 0.6 is 11.3 Å². The van der Waals surface area contributed by atoms with Crippen LogP contribution in [0, 0.1) is 11.6 Å². The maximum atomic E-state index is 14.2. The van der Waals surface area contributed by atoms with E-state index in [-0.39, 0.29) is 6.04 Å². The number of likely N-dealkylation sites (tertiary alicyclic amines) is 1. The SMILES string of the molecule is O=C(c1c(F)cccc1F)N1CCCCC[C@H]1c1cc(-c2cccs2)on1. The van der Waals surface area contributed by atoms with Gasteiger partial charge in [-0.3, -0.25) is 4.79 Å². The fourth-order valence-electron chi connectivity index (χ4n) is 3.49. The Morgan fingerprint density at radius 2 is 1.96 bits per heavy atom. The molecule has 0 spiro atoms. The fourth-order valence-corrected chi connectivity index (χ4v) is 4.16. The Kier molecular flexibility index (Phi) is 5.03. The molecule has 3 aromatic rings. The quantitative estimate of drug-likeness (QED) is 0.600. The lowest BCUT2D eigenvalue weighted by Gasteiger charge is -2.28. The van der Waals surface area contributed by atoms with Crippen LogP contribution in [0.1, 0.15) is 47.8 Å². The van der Waals surface area contributed by atoms with Crippen molar-refractivity contribution in [2.24, 2.45) is 0 Å². The molecule has 0 aliphatic carbocycles. The van der Waals surface area contributed by atoms with Crippen molar-refractivity contribution in [3.63, 3.8) is 0 Å². The van der Waals surface area contributed by atoms with Crippen molar-refractivity contribution in [1.82, 2.24) is 10.1 Å². The summed E-state index contributed by atoms with van der Waals surface area (Å²) in [6.45, 7) is 0.429. The average molecular weight is 388 g/mol. The minimum absolute atomic E-state index is 0.364. The predicted octanol–water partition coefficient (Wildman–Crippen LogP) is 5.44. The van der Waals surface area contributed by atoms with Crippen molar-refractivity contribution >= 4 is 17.2 Å². The summed E-state index contributed by atoms with van der Waals surface area (Å²) < 4.78 is 33.8. The maximum Gasteiger partial charge on any atom is 0.260 e. The van der Waals surface area contributed by atoms with Crippen LogP contribution in [0.3, 0.4) is 0 Å². The first-order valence-corrected chi connectivity index (χ1v) is 9.78. The van der Waals surface area contributed by atoms with Gasteiger partial charge in [0.15, 0.2) is 5.76 Å². The normalized spacial score (nSPS) is 17.7. The Hall–Kier alpha value is -2.54. The molecule has 0 unspecified atom stereocenters. The van der Waals surface area contributed by atoms with Crippen molar-refractivity contribution in [2.75, 3.05) is 6.54 Å². The highest BCUT2D eigenvalue weighted by Gasteiger charge is 2.32. The molecule has 1 aliphatic rings. The minimum Gasteiger partial charge on any atom is -0.355 e. The first-order valence-electron chi connectivity index (χ1n) is 8.90. The van der Waals surface area contributed by atoms with E-state index in [9.17, 15) is 13.6 Å². The molecule has 3 heterocycles. The zero-order chi connectivity index (χ0) is 18.8. The molecular weight excluding hydrogens is 370 g/mol. The standard InChI is InChI=1S/C20H18F2N2O2S/c21-13-6-4-7-14(22)19(13)20(25)24-10-3-1-2-8-16(24)15-12-17(26-23-15)18-9-5-11-27-18/h4-7,9,11-12,16H,1-3,8,10H2/t16-/m0/s1. The zero-order valence-corrected chi connectivity index (χ0v) is 15.3. The topological polar surface area (TPSA) is 46.3 Å². The van der Waals surface area contributed by atoms with Crippen molar-refractivity contribution < 1.29 is 18.1 Å². The van der Waals surface area contributed by atoms with Gasteiger partial charge in [-0.05, 0) is 36.4 Å². The summed E-state index contributed by atoms with van der Waals surface area (Å²) >= 11 is 1.53. The van der Waals surface area contributed by atoms with Gasteiger partial charge in [-0.15, -0.1) is 11.3 Å². The molecule has 1 amide bonds. The fraction of sp³-hybridized carbons (Fsp3) is 0.300. The molecule has 4 nitrogen and oxygen atoms in total. The Bertz CT molecular complexity index is 919. The first kappa shape index (κ1) is 17.9. The van der Waals surface area contributed by atoms with E-state index in [1.54, 1.807) is 0 Å². The van der Waals surface area contributed by atoms with Gasteiger partial charge in [0, 0.05) is 12.6 Å². The molecule has 1 fully saturated rings. The summed E-state index contributed by atoms with van der Waals surface area (Å²) in [5.74, 6) is -1.70. The lowest BCUT2D eigenvalue weighted by atomic mass is 10.0. The third kappa shape index (κ3) is 3.51. The molecule has 1 aliphatic heterocycles. The third-order valence-electron chi connectivity index (χ3n) is 4.82. The number of nitrogens with zero attached hydrogens (tertiary/aromatic N) is 2. The second-order valence-electron chi connectivity index (χ2n) is 6.55. The summed E-state index contributed by atoms with van der Waals surface area (Å²) in [7, 11) is 0. The van der Waals surface area contributed by atoms with E-state index < -0.39 is 23.1 Å². The number of hydrogen-bond donors (Lipinski definition) is 0. The summed E-state index contributed by atoms with van der Waals surface area (Å²) in [4.78, 5) is 15.5. The van der Waals surface area contributed by atoms with Gasteiger partial charge in [-0.25, -0.2) is 8.78 Å². The molecule has 27 heavy (non-hydrogen) atoms. The number of hydrogen-bond acceptors (Lipinski definition) is 4. The van der Waals surface area contributed by atoms with Crippen LogP contribution in [0.4, 0.5) is 8.78 Å². The van der Waals surface area contributed by atoms with Gasteiger partial charge in [0.2, 0.25) is 0 Å². The van der Waals surface area contributed by atoms with Gasteiger partial charge in [-0.1, -0.05) is 30.1 Å². The Morgan fingerprint density at radius 1 is 1.15 bits per heavy atom. The zero-order valence-electron chi connectivity index (χ0n) is 14.5. The second kappa shape index (κ2) is 7.60. The van der Waals surface area contributed by atoms with E-state index in [1.807, 2.05) is 23.6 Å².